The summed E-state index contributed by atoms with van der Waals surface area (Å²) in [6.45, 7) is -0.676. The first-order chi connectivity index (χ1) is 17.3. The van der Waals surface area contributed by atoms with Gasteiger partial charge in [-0.15, -0.1) is 0 Å². The van der Waals surface area contributed by atoms with E-state index in [1.54, 1.807) is 0 Å². The molecule has 0 saturated carbocycles. The SMILES string of the molecule is O=C(O[C@H]1[C@H](O)[C@@H](CO)OC(O)[C@@H]1O)c1cc(O)c2c(c1)OC(c1ccccc1)(c1ccccc1)O2. The molecule has 0 aliphatic carbocycles. The number of carbonyl (C=O) groups is 1. The summed E-state index contributed by atoms with van der Waals surface area (Å²) >= 11 is 0. The van der Waals surface area contributed by atoms with Gasteiger partial charge in [0.2, 0.25) is 5.75 Å². The molecule has 10 nitrogen and oxygen atoms in total. The Morgan fingerprint density at radius 1 is 0.889 bits per heavy atom. The van der Waals surface area contributed by atoms with Crippen molar-refractivity contribution in [1.29, 1.82) is 0 Å². The molecule has 36 heavy (non-hydrogen) atoms. The summed E-state index contributed by atoms with van der Waals surface area (Å²) < 4.78 is 22.6. The second-order valence-corrected chi connectivity index (χ2v) is 8.47. The summed E-state index contributed by atoms with van der Waals surface area (Å²) in [4.78, 5) is 12.9. The number of rotatable bonds is 5. The lowest BCUT2D eigenvalue weighted by molar-refractivity contribution is -0.285. The third-order valence-electron chi connectivity index (χ3n) is 6.16. The van der Waals surface area contributed by atoms with Crippen LogP contribution in [0.1, 0.15) is 21.5 Å². The maximum Gasteiger partial charge on any atom is 0.338 e. The van der Waals surface area contributed by atoms with Gasteiger partial charge in [-0.05, 0) is 12.1 Å². The number of fused-ring (bicyclic) bond motifs is 1. The third-order valence-corrected chi connectivity index (χ3v) is 6.16. The normalized spacial score (nSPS) is 26.4. The Bertz CT molecular complexity index is 1190. The van der Waals surface area contributed by atoms with E-state index in [4.69, 9.17) is 18.9 Å². The summed E-state index contributed by atoms with van der Waals surface area (Å²) in [6.07, 6.45) is -8.03. The number of phenolic OH excluding ortho intramolecular Hbond substituents is 1. The highest BCUT2D eigenvalue weighted by molar-refractivity contribution is 5.91. The van der Waals surface area contributed by atoms with Crippen LogP contribution in [0.2, 0.25) is 0 Å². The Labute approximate surface area is 205 Å². The number of hydrogen-bond donors (Lipinski definition) is 5. The highest BCUT2D eigenvalue weighted by Gasteiger charge is 2.48. The zero-order valence-corrected chi connectivity index (χ0v) is 18.8. The Morgan fingerprint density at radius 2 is 1.50 bits per heavy atom. The lowest BCUT2D eigenvalue weighted by atomic mass is 9.97. The minimum atomic E-state index is -1.79. The lowest BCUT2D eigenvalue weighted by Crippen LogP contribution is -2.59. The van der Waals surface area contributed by atoms with E-state index in [1.165, 1.54) is 6.07 Å². The predicted molar refractivity (Wildman–Crippen MR) is 122 cm³/mol. The highest BCUT2D eigenvalue weighted by atomic mass is 16.7. The van der Waals surface area contributed by atoms with Gasteiger partial charge in [0.1, 0.15) is 18.3 Å². The van der Waals surface area contributed by atoms with Gasteiger partial charge < -0.3 is 44.5 Å². The molecule has 0 amide bonds. The molecule has 5 rings (SSSR count). The van der Waals surface area contributed by atoms with Crippen LogP contribution in [0, 0.1) is 0 Å². The second-order valence-electron chi connectivity index (χ2n) is 8.47. The number of esters is 1. The van der Waals surface area contributed by atoms with E-state index in [9.17, 15) is 30.3 Å². The lowest BCUT2D eigenvalue weighted by Gasteiger charge is -2.39. The molecule has 1 unspecified atom stereocenters. The maximum absolute atomic E-state index is 12.9. The molecule has 5 atom stereocenters. The van der Waals surface area contributed by atoms with Crippen molar-refractivity contribution in [2.75, 3.05) is 6.61 Å². The quantitative estimate of drug-likeness (QED) is 0.323. The van der Waals surface area contributed by atoms with E-state index in [0.29, 0.717) is 11.1 Å². The fourth-order valence-corrected chi connectivity index (χ4v) is 4.32. The topological polar surface area (TPSA) is 155 Å². The van der Waals surface area contributed by atoms with Crippen molar-refractivity contribution in [3.05, 3.63) is 89.5 Å². The number of hydrogen-bond acceptors (Lipinski definition) is 10. The number of carbonyl (C=O) groups excluding carboxylic acids is 1. The molecule has 0 aromatic heterocycles. The number of ether oxygens (including phenoxy) is 4. The molecule has 5 N–H and O–H groups in total. The van der Waals surface area contributed by atoms with Gasteiger partial charge in [-0.25, -0.2) is 4.79 Å². The van der Waals surface area contributed by atoms with Gasteiger partial charge in [-0.3, -0.25) is 0 Å². The molecule has 10 heteroatoms. The van der Waals surface area contributed by atoms with Gasteiger partial charge in [0.25, 0.3) is 0 Å². The van der Waals surface area contributed by atoms with Crippen molar-refractivity contribution in [3.63, 3.8) is 0 Å². The smallest absolute Gasteiger partial charge is 0.338 e. The number of aromatic hydroxyl groups is 1. The molecular formula is C26H24O10. The molecule has 2 aliphatic heterocycles. The minimum absolute atomic E-state index is 0.0150. The molecule has 188 valence electrons. The van der Waals surface area contributed by atoms with Crippen LogP contribution >= 0.6 is 0 Å². The van der Waals surface area contributed by atoms with Gasteiger partial charge in [0.05, 0.1) is 12.2 Å². The summed E-state index contributed by atoms with van der Waals surface area (Å²) in [5.41, 5.74) is 1.13. The first kappa shape index (κ1) is 24.0. The molecule has 0 radical (unpaired) electrons. The molecule has 1 saturated heterocycles. The van der Waals surface area contributed by atoms with E-state index in [2.05, 4.69) is 0 Å². The second kappa shape index (κ2) is 9.41. The number of aliphatic hydroxyl groups is 4. The Morgan fingerprint density at radius 3 is 2.08 bits per heavy atom. The first-order valence-electron chi connectivity index (χ1n) is 11.2. The Kier molecular flexibility index (Phi) is 6.29. The molecule has 3 aromatic rings. The third kappa shape index (κ3) is 4.04. The number of aliphatic hydroxyl groups excluding tert-OH is 4. The van der Waals surface area contributed by atoms with Crippen molar-refractivity contribution in [3.8, 4) is 17.2 Å². The van der Waals surface area contributed by atoms with Crippen LogP contribution in [0.25, 0.3) is 0 Å². The van der Waals surface area contributed by atoms with Crippen molar-refractivity contribution in [2.45, 2.75) is 36.5 Å². The van der Waals surface area contributed by atoms with Gasteiger partial charge in [-0.2, -0.15) is 0 Å². The van der Waals surface area contributed by atoms with E-state index in [-0.39, 0.29) is 17.1 Å². The van der Waals surface area contributed by atoms with Crippen molar-refractivity contribution in [2.24, 2.45) is 0 Å². The van der Waals surface area contributed by atoms with Crippen LogP contribution in [-0.2, 0) is 15.3 Å². The summed E-state index contributed by atoms with van der Waals surface area (Å²) in [6, 6.07) is 20.6. The molecule has 3 aromatic carbocycles. The molecule has 2 heterocycles. The standard InChI is InChI=1S/C26H24O10/c27-13-19-20(29)23(21(30)25(32)33-19)34-24(31)14-11-17(28)22-18(12-14)35-26(36-22,15-7-3-1-4-8-15)16-9-5-2-6-10-16/h1-12,19-21,23,25,27-30,32H,13H2/t19-,20-,21-,23+,25?/m1/s1. The number of phenols is 1. The van der Waals surface area contributed by atoms with Crippen LogP contribution in [0.4, 0.5) is 0 Å². The average molecular weight is 496 g/mol. The van der Waals surface area contributed by atoms with Gasteiger partial charge in [0, 0.05) is 11.1 Å². The first-order valence-corrected chi connectivity index (χ1v) is 11.2. The zero-order valence-electron chi connectivity index (χ0n) is 18.8. The Hall–Kier alpha value is -3.67. The highest BCUT2D eigenvalue weighted by Crippen LogP contribution is 2.52. The molecule has 0 spiro atoms. The van der Waals surface area contributed by atoms with Crippen LogP contribution in [-0.4, -0.2) is 68.8 Å². The molecule has 1 fully saturated rings. The van der Waals surface area contributed by atoms with Gasteiger partial charge >= 0.3 is 11.8 Å². The van der Waals surface area contributed by atoms with E-state index in [0.717, 1.165) is 6.07 Å². The van der Waals surface area contributed by atoms with Crippen LogP contribution in [0.3, 0.4) is 0 Å². The fraction of sp³-hybridized carbons (Fsp3) is 0.269. The van der Waals surface area contributed by atoms with Crippen molar-refractivity contribution >= 4 is 5.97 Å². The summed E-state index contributed by atoms with van der Waals surface area (Å²) in [5, 5.41) is 50.4. The molecular weight excluding hydrogens is 472 g/mol. The fourth-order valence-electron chi connectivity index (χ4n) is 4.32. The van der Waals surface area contributed by atoms with E-state index >= 15 is 0 Å². The van der Waals surface area contributed by atoms with Gasteiger partial charge in [0.15, 0.2) is 23.9 Å². The van der Waals surface area contributed by atoms with Crippen LogP contribution in [0.15, 0.2) is 72.8 Å². The largest absolute Gasteiger partial charge is 0.504 e. The Balaban J connectivity index is 1.47. The van der Waals surface area contributed by atoms with Crippen molar-refractivity contribution in [1.82, 2.24) is 0 Å². The summed E-state index contributed by atoms with van der Waals surface area (Å²) in [7, 11) is 0. The maximum atomic E-state index is 12.9. The average Bonchev–Trinajstić information content (AvgIpc) is 3.31. The molecule has 0 bridgehead atoms. The van der Waals surface area contributed by atoms with Crippen LogP contribution in [0.5, 0.6) is 17.2 Å². The predicted octanol–water partition coefficient (Wildman–Crippen LogP) is 1.02. The number of benzene rings is 3. The van der Waals surface area contributed by atoms with E-state index < -0.39 is 54.8 Å². The monoisotopic (exact) mass is 496 g/mol. The van der Waals surface area contributed by atoms with Crippen molar-refractivity contribution < 1.29 is 49.3 Å². The zero-order chi connectivity index (χ0) is 25.4. The van der Waals surface area contributed by atoms with Crippen LogP contribution < -0.4 is 9.47 Å². The summed E-state index contributed by atoms with van der Waals surface area (Å²) in [5.74, 6) is -2.77. The van der Waals surface area contributed by atoms with Gasteiger partial charge in [-0.1, -0.05) is 60.7 Å². The van der Waals surface area contributed by atoms with E-state index in [1.807, 2.05) is 60.7 Å². The molecule has 2 aliphatic rings. The minimum Gasteiger partial charge on any atom is -0.504 e.